The van der Waals surface area contributed by atoms with Gasteiger partial charge in [-0.3, -0.25) is 14.5 Å². The van der Waals surface area contributed by atoms with Crippen LogP contribution in [0.2, 0.25) is 0 Å². The molecule has 2 heterocycles. The number of amides is 2. The number of ether oxygens (including phenoxy) is 1. The minimum absolute atomic E-state index is 0.0270. The summed E-state index contributed by atoms with van der Waals surface area (Å²) in [6, 6.07) is 0. The molecule has 2 amide bonds. The fourth-order valence-electron chi connectivity index (χ4n) is 3.24. The highest BCUT2D eigenvalue weighted by molar-refractivity contribution is 5.80. The Bertz CT molecular complexity index is 411. The highest BCUT2D eigenvalue weighted by atomic mass is 16.5. The maximum Gasteiger partial charge on any atom is 0.224 e. The quantitative estimate of drug-likeness (QED) is 0.820. The van der Waals surface area contributed by atoms with Crippen molar-refractivity contribution in [1.29, 1.82) is 0 Å². The van der Waals surface area contributed by atoms with Gasteiger partial charge in [0.2, 0.25) is 11.8 Å². The van der Waals surface area contributed by atoms with Gasteiger partial charge in [-0.15, -0.1) is 0 Å². The molecule has 2 saturated heterocycles. The monoisotopic (exact) mass is 311 g/mol. The average Bonchev–Trinajstić information content (AvgIpc) is 2.48. The summed E-state index contributed by atoms with van der Waals surface area (Å²) in [6.07, 6.45) is 1.78. The number of carbonyl (C=O) groups is 2. The first-order valence-electron chi connectivity index (χ1n) is 8.26. The molecule has 0 aromatic heterocycles. The van der Waals surface area contributed by atoms with Crippen LogP contribution >= 0.6 is 0 Å². The summed E-state index contributed by atoms with van der Waals surface area (Å²) in [6.45, 7) is 11.1. The van der Waals surface area contributed by atoms with Crippen molar-refractivity contribution >= 4 is 11.8 Å². The van der Waals surface area contributed by atoms with E-state index in [1.165, 1.54) is 0 Å². The number of rotatable bonds is 4. The molecule has 2 rings (SSSR count). The number of piperidine rings is 1. The lowest BCUT2D eigenvalue weighted by Gasteiger charge is -2.42. The second-order valence-corrected chi connectivity index (χ2v) is 6.95. The van der Waals surface area contributed by atoms with E-state index >= 15 is 0 Å². The molecule has 6 heteroatoms. The zero-order valence-corrected chi connectivity index (χ0v) is 14.1. The second kappa shape index (κ2) is 7.42. The van der Waals surface area contributed by atoms with Crippen LogP contribution in [0.5, 0.6) is 0 Å². The molecule has 1 unspecified atom stereocenters. The summed E-state index contributed by atoms with van der Waals surface area (Å²) in [5.41, 5.74) is 0.0270. The molecule has 0 bridgehead atoms. The first-order valence-corrected chi connectivity index (χ1v) is 8.26. The van der Waals surface area contributed by atoms with E-state index in [2.05, 4.69) is 24.1 Å². The van der Waals surface area contributed by atoms with Gasteiger partial charge in [-0.2, -0.15) is 0 Å². The molecule has 2 aliphatic rings. The molecule has 0 saturated carbocycles. The van der Waals surface area contributed by atoms with E-state index in [9.17, 15) is 9.59 Å². The summed E-state index contributed by atoms with van der Waals surface area (Å²) in [5.74, 6) is 0.0833. The molecule has 2 aliphatic heterocycles. The van der Waals surface area contributed by atoms with E-state index in [1.807, 2.05) is 0 Å². The molecule has 1 N–H and O–H groups in total. The van der Waals surface area contributed by atoms with E-state index in [0.717, 1.165) is 45.7 Å². The minimum atomic E-state index is -0.0599. The maximum absolute atomic E-state index is 12.3. The Morgan fingerprint density at radius 3 is 2.77 bits per heavy atom. The van der Waals surface area contributed by atoms with Gasteiger partial charge in [0.1, 0.15) is 0 Å². The normalized spacial score (nSPS) is 25.8. The van der Waals surface area contributed by atoms with Gasteiger partial charge in [0, 0.05) is 45.2 Å². The number of nitrogens with one attached hydrogen (secondary N) is 1. The lowest BCUT2D eigenvalue weighted by molar-refractivity contribution is -0.134. The highest BCUT2D eigenvalue weighted by Crippen LogP contribution is 2.19. The van der Waals surface area contributed by atoms with Crippen molar-refractivity contribution in [2.45, 2.75) is 39.2 Å². The molecule has 0 radical (unpaired) electrons. The summed E-state index contributed by atoms with van der Waals surface area (Å²) in [5, 5.41) is 3.04. The summed E-state index contributed by atoms with van der Waals surface area (Å²) < 4.78 is 5.51. The molecule has 126 valence electrons. The highest BCUT2D eigenvalue weighted by Gasteiger charge is 2.31. The van der Waals surface area contributed by atoms with Crippen molar-refractivity contribution in [2.24, 2.45) is 5.92 Å². The second-order valence-electron chi connectivity index (χ2n) is 6.95. The summed E-state index contributed by atoms with van der Waals surface area (Å²) in [7, 11) is 0. The van der Waals surface area contributed by atoms with Gasteiger partial charge in [-0.1, -0.05) is 0 Å². The predicted molar refractivity (Wildman–Crippen MR) is 84.5 cm³/mol. The van der Waals surface area contributed by atoms with Gasteiger partial charge in [0.15, 0.2) is 0 Å². The van der Waals surface area contributed by atoms with Crippen LogP contribution in [0.25, 0.3) is 0 Å². The lowest BCUT2D eigenvalue weighted by Crippen LogP contribution is -2.55. The molecule has 0 aromatic rings. The third kappa shape index (κ3) is 4.43. The third-order valence-corrected chi connectivity index (χ3v) is 4.74. The average molecular weight is 311 g/mol. The van der Waals surface area contributed by atoms with Gasteiger partial charge < -0.3 is 15.0 Å². The molecule has 0 spiro atoms. The zero-order valence-electron chi connectivity index (χ0n) is 14.1. The van der Waals surface area contributed by atoms with Gasteiger partial charge in [0.05, 0.1) is 19.1 Å². The standard InChI is InChI=1S/C16H29N3O3/c1-13(20)18-7-4-5-14(11-18)15(21)17-6-8-19-9-10-22-12-16(19,2)3/h14H,4-12H2,1-3H3,(H,17,21). The lowest BCUT2D eigenvalue weighted by atomic mass is 9.97. The van der Waals surface area contributed by atoms with Crippen molar-refractivity contribution < 1.29 is 14.3 Å². The van der Waals surface area contributed by atoms with Crippen molar-refractivity contribution in [1.82, 2.24) is 15.1 Å². The smallest absolute Gasteiger partial charge is 0.224 e. The van der Waals surface area contributed by atoms with Gasteiger partial charge >= 0.3 is 0 Å². The van der Waals surface area contributed by atoms with Crippen molar-refractivity contribution in [3.05, 3.63) is 0 Å². The number of morpholine rings is 1. The Morgan fingerprint density at radius 1 is 1.32 bits per heavy atom. The number of likely N-dealkylation sites (tertiary alicyclic amines) is 1. The van der Waals surface area contributed by atoms with Crippen molar-refractivity contribution in [3.8, 4) is 0 Å². The van der Waals surface area contributed by atoms with Crippen LogP contribution in [-0.2, 0) is 14.3 Å². The molecule has 0 aliphatic carbocycles. The largest absolute Gasteiger partial charge is 0.378 e. The van der Waals surface area contributed by atoms with E-state index in [1.54, 1.807) is 11.8 Å². The van der Waals surface area contributed by atoms with Crippen LogP contribution in [0.15, 0.2) is 0 Å². The number of hydrogen-bond acceptors (Lipinski definition) is 4. The minimum Gasteiger partial charge on any atom is -0.378 e. The Balaban J connectivity index is 1.74. The molecule has 1 atom stereocenters. The Labute approximate surface area is 133 Å². The molecular weight excluding hydrogens is 282 g/mol. The summed E-state index contributed by atoms with van der Waals surface area (Å²) in [4.78, 5) is 27.8. The molecule has 6 nitrogen and oxygen atoms in total. The van der Waals surface area contributed by atoms with Crippen LogP contribution < -0.4 is 5.32 Å². The van der Waals surface area contributed by atoms with Crippen LogP contribution in [0, 0.1) is 5.92 Å². The van der Waals surface area contributed by atoms with Crippen molar-refractivity contribution in [2.75, 3.05) is 45.9 Å². The molecule has 0 aromatic carbocycles. The summed E-state index contributed by atoms with van der Waals surface area (Å²) >= 11 is 0. The Hall–Kier alpha value is -1.14. The Morgan fingerprint density at radius 2 is 2.09 bits per heavy atom. The Kier molecular flexibility index (Phi) is 5.81. The van der Waals surface area contributed by atoms with E-state index in [0.29, 0.717) is 13.1 Å². The first-order chi connectivity index (χ1) is 10.4. The van der Waals surface area contributed by atoms with E-state index < -0.39 is 0 Å². The fraction of sp³-hybridized carbons (Fsp3) is 0.875. The molecule has 2 fully saturated rings. The number of hydrogen-bond donors (Lipinski definition) is 1. The first kappa shape index (κ1) is 17.2. The van der Waals surface area contributed by atoms with E-state index in [-0.39, 0.29) is 23.3 Å². The molecular formula is C16H29N3O3. The zero-order chi connectivity index (χ0) is 16.2. The number of carbonyl (C=O) groups excluding carboxylic acids is 2. The van der Waals surface area contributed by atoms with Gasteiger partial charge in [-0.05, 0) is 26.7 Å². The van der Waals surface area contributed by atoms with Crippen molar-refractivity contribution in [3.63, 3.8) is 0 Å². The van der Waals surface area contributed by atoms with Crippen LogP contribution in [-0.4, -0.2) is 73.1 Å². The SMILES string of the molecule is CC(=O)N1CCCC(C(=O)NCCN2CCOCC2(C)C)C1. The predicted octanol–water partition coefficient (Wildman–Crippen LogP) is 0.472. The van der Waals surface area contributed by atoms with Crippen LogP contribution in [0.3, 0.4) is 0 Å². The fourth-order valence-corrected chi connectivity index (χ4v) is 3.24. The van der Waals surface area contributed by atoms with Gasteiger partial charge in [0.25, 0.3) is 0 Å². The van der Waals surface area contributed by atoms with E-state index in [4.69, 9.17) is 4.74 Å². The van der Waals surface area contributed by atoms with Gasteiger partial charge in [-0.25, -0.2) is 0 Å². The maximum atomic E-state index is 12.3. The number of nitrogens with zero attached hydrogens (tertiary/aromatic N) is 2. The van der Waals surface area contributed by atoms with Crippen LogP contribution in [0.1, 0.15) is 33.6 Å². The topological polar surface area (TPSA) is 61.9 Å². The van der Waals surface area contributed by atoms with Crippen LogP contribution in [0.4, 0.5) is 0 Å². The third-order valence-electron chi connectivity index (χ3n) is 4.74. The molecule has 22 heavy (non-hydrogen) atoms.